The van der Waals surface area contributed by atoms with Gasteiger partial charge in [-0.1, -0.05) is 60.2 Å². The fraction of sp³-hybridized carbons (Fsp3) is 0.304. The van der Waals surface area contributed by atoms with Gasteiger partial charge in [-0.05, 0) is 36.8 Å². The van der Waals surface area contributed by atoms with Crippen LogP contribution in [0.4, 0.5) is 4.79 Å². The lowest BCUT2D eigenvalue weighted by molar-refractivity contribution is 0.235. The summed E-state index contributed by atoms with van der Waals surface area (Å²) in [6, 6.07) is 18.6. The zero-order valence-electron chi connectivity index (χ0n) is 16.1. The normalized spacial score (nSPS) is 14.5. The van der Waals surface area contributed by atoms with Crippen molar-refractivity contribution in [3.63, 3.8) is 0 Å². The summed E-state index contributed by atoms with van der Waals surface area (Å²) in [4.78, 5) is 12.4. The Kier molecular flexibility index (Phi) is 5.42. The molecule has 1 heterocycles. The average molecular weight is 374 g/mol. The average Bonchev–Trinajstić information content (AvgIpc) is 3.46. The molecule has 1 aliphatic rings. The van der Waals surface area contributed by atoms with Crippen molar-refractivity contribution in [1.29, 1.82) is 0 Å². The molecule has 28 heavy (non-hydrogen) atoms. The second-order valence-corrected chi connectivity index (χ2v) is 7.58. The van der Waals surface area contributed by atoms with Gasteiger partial charge in [-0.25, -0.2) is 4.79 Å². The van der Waals surface area contributed by atoms with Gasteiger partial charge < -0.3 is 10.6 Å². The van der Waals surface area contributed by atoms with Gasteiger partial charge in [-0.15, -0.1) is 0 Å². The third kappa shape index (κ3) is 4.80. The monoisotopic (exact) mass is 374 g/mol. The van der Waals surface area contributed by atoms with Crippen molar-refractivity contribution in [3.8, 4) is 0 Å². The quantitative estimate of drug-likeness (QED) is 0.651. The number of aryl methyl sites for hydroxylation is 1. The zero-order valence-corrected chi connectivity index (χ0v) is 16.1. The van der Waals surface area contributed by atoms with Gasteiger partial charge in [0.15, 0.2) is 0 Å². The summed E-state index contributed by atoms with van der Waals surface area (Å²) >= 11 is 0. The lowest BCUT2D eigenvalue weighted by atomic mass is 10.0. The molecule has 5 heteroatoms. The summed E-state index contributed by atoms with van der Waals surface area (Å²) in [6.45, 7) is 3.27. The van der Waals surface area contributed by atoms with E-state index in [1.54, 1.807) is 0 Å². The maximum absolute atomic E-state index is 12.4. The highest BCUT2D eigenvalue weighted by Crippen LogP contribution is 2.40. The number of hydrogen-bond donors (Lipinski definition) is 2. The topological polar surface area (TPSA) is 59.0 Å². The fourth-order valence-electron chi connectivity index (χ4n) is 3.41. The molecule has 0 aliphatic heterocycles. The van der Waals surface area contributed by atoms with Gasteiger partial charge in [0, 0.05) is 18.3 Å². The third-order valence-corrected chi connectivity index (χ3v) is 5.14. The fourth-order valence-corrected chi connectivity index (χ4v) is 3.41. The molecule has 1 saturated carbocycles. The van der Waals surface area contributed by atoms with Crippen LogP contribution in [-0.2, 0) is 13.1 Å². The Balaban J connectivity index is 1.31. The summed E-state index contributed by atoms with van der Waals surface area (Å²) in [7, 11) is 0. The Hall–Kier alpha value is -3.08. The van der Waals surface area contributed by atoms with Crippen LogP contribution in [-0.4, -0.2) is 15.8 Å². The number of amides is 2. The number of aromatic nitrogens is 2. The third-order valence-electron chi connectivity index (χ3n) is 5.14. The minimum atomic E-state index is -0.131. The van der Waals surface area contributed by atoms with Crippen LogP contribution in [0.3, 0.4) is 0 Å². The summed E-state index contributed by atoms with van der Waals surface area (Å²) in [5.74, 6) is 0.544. The van der Waals surface area contributed by atoms with E-state index in [4.69, 9.17) is 0 Å². The van der Waals surface area contributed by atoms with E-state index in [2.05, 4.69) is 59.1 Å². The Morgan fingerprint density at radius 1 is 1.11 bits per heavy atom. The Morgan fingerprint density at radius 3 is 2.57 bits per heavy atom. The molecule has 2 amide bonds. The van der Waals surface area contributed by atoms with Gasteiger partial charge in [0.1, 0.15) is 0 Å². The van der Waals surface area contributed by atoms with Crippen LogP contribution in [0, 0.1) is 12.8 Å². The van der Waals surface area contributed by atoms with Gasteiger partial charge in [-0.3, -0.25) is 4.68 Å². The van der Waals surface area contributed by atoms with E-state index in [0.29, 0.717) is 12.5 Å². The summed E-state index contributed by atoms with van der Waals surface area (Å²) in [6.07, 6.45) is 6.13. The molecule has 5 nitrogen and oxygen atoms in total. The maximum Gasteiger partial charge on any atom is 0.315 e. The van der Waals surface area contributed by atoms with Crippen molar-refractivity contribution in [2.45, 2.75) is 38.9 Å². The second-order valence-electron chi connectivity index (χ2n) is 7.58. The lowest BCUT2D eigenvalue weighted by Crippen LogP contribution is -2.38. The first-order valence-corrected chi connectivity index (χ1v) is 9.83. The zero-order chi connectivity index (χ0) is 19.3. The molecule has 1 aliphatic carbocycles. The minimum absolute atomic E-state index is 0.0846. The molecular formula is C23H26N4O. The first kappa shape index (κ1) is 18.3. The van der Waals surface area contributed by atoms with E-state index in [0.717, 1.165) is 12.1 Å². The van der Waals surface area contributed by atoms with Gasteiger partial charge in [0.25, 0.3) is 0 Å². The number of nitrogens with one attached hydrogen (secondary N) is 2. The van der Waals surface area contributed by atoms with Crippen molar-refractivity contribution in [2.24, 2.45) is 5.92 Å². The first-order valence-electron chi connectivity index (χ1n) is 9.83. The molecule has 1 aromatic heterocycles. The Morgan fingerprint density at radius 2 is 1.86 bits per heavy atom. The van der Waals surface area contributed by atoms with E-state index < -0.39 is 0 Å². The molecule has 1 atom stereocenters. The number of hydrogen-bond acceptors (Lipinski definition) is 2. The van der Waals surface area contributed by atoms with E-state index in [1.165, 1.54) is 29.5 Å². The number of carbonyl (C=O) groups is 1. The number of nitrogens with zero attached hydrogens (tertiary/aromatic N) is 2. The Bertz CT molecular complexity index is 913. The second kappa shape index (κ2) is 8.30. The van der Waals surface area contributed by atoms with Crippen LogP contribution in [0.1, 0.15) is 41.1 Å². The van der Waals surface area contributed by atoms with Crippen LogP contribution in [0.2, 0.25) is 0 Å². The molecule has 3 aromatic rings. The van der Waals surface area contributed by atoms with E-state index >= 15 is 0 Å². The number of rotatable bonds is 7. The first-order chi connectivity index (χ1) is 13.7. The van der Waals surface area contributed by atoms with Crippen molar-refractivity contribution < 1.29 is 4.79 Å². The van der Waals surface area contributed by atoms with Crippen LogP contribution in [0.15, 0.2) is 67.0 Å². The molecule has 0 radical (unpaired) electrons. The van der Waals surface area contributed by atoms with Crippen molar-refractivity contribution in [2.75, 3.05) is 0 Å². The molecule has 1 fully saturated rings. The standard InChI is InChI=1S/C23H26N4O/c1-17-7-9-20(10-8-17)22(21-11-12-21)26-23(28)24-13-19-14-25-27(16-19)15-18-5-3-2-4-6-18/h2-10,14,16,21-22H,11-13,15H2,1H3,(H2,24,26,28). The maximum atomic E-state index is 12.4. The number of benzene rings is 2. The highest BCUT2D eigenvalue weighted by Gasteiger charge is 2.33. The molecule has 0 bridgehead atoms. The van der Waals surface area contributed by atoms with Crippen LogP contribution in [0.25, 0.3) is 0 Å². The molecule has 4 rings (SSSR count). The van der Waals surface area contributed by atoms with Crippen LogP contribution >= 0.6 is 0 Å². The molecule has 144 valence electrons. The molecule has 1 unspecified atom stereocenters. The largest absolute Gasteiger partial charge is 0.334 e. The number of urea groups is 1. The predicted octanol–water partition coefficient (Wildman–Crippen LogP) is 4.19. The summed E-state index contributed by atoms with van der Waals surface area (Å²) < 4.78 is 1.89. The lowest BCUT2D eigenvalue weighted by Gasteiger charge is -2.19. The van der Waals surface area contributed by atoms with Gasteiger partial charge >= 0.3 is 6.03 Å². The van der Waals surface area contributed by atoms with Gasteiger partial charge in [0.05, 0.1) is 18.8 Å². The van der Waals surface area contributed by atoms with Gasteiger partial charge in [-0.2, -0.15) is 5.10 Å². The molecule has 2 aromatic carbocycles. The SMILES string of the molecule is Cc1ccc(C(NC(=O)NCc2cnn(Cc3ccccc3)c2)C2CC2)cc1. The molecular weight excluding hydrogens is 348 g/mol. The van der Waals surface area contributed by atoms with E-state index in [-0.39, 0.29) is 12.1 Å². The summed E-state index contributed by atoms with van der Waals surface area (Å²) in [5, 5.41) is 10.5. The highest BCUT2D eigenvalue weighted by molar-refractivity contribution is 5.74. The van der Waals surface area contributed by atoms with Gasteiger partial charge in [0.2, 0.25) is 0 Å². The molecule has 0 saturated heterocycles. The summed E-state index contributed by atoms with van der Waals surface area (Å²) in [5.41, 5.74) is 4.60. The minimum Gasteiger partial charge on any atom is -0.334 e. The smallest absolute Gasteiger partial charge is 0.315 e. The Labute approximate surface area is 165 Å². The molecule has 2 N–H and O–H groups in total. The van der Waals surface area contributed by atoms with Crippen LogP contribution in [0.5, 0.6) is 0 Å². The van der Waals surface area contributed by atoms with E-state index in [9.17, 15) is 4.79 Å². The number of carbonyl (C=O) groups excluding carboxylic acids is 1. The van der Waals surface area contributed by atoms with E-state index in [1.807, 2.05) is 35.3 Å². The van der Waals surface area contributed by atoms with Crippen LogP contribution < -0.4 is 10.6 Å². The molecule has 0 spiro atoms. The predicted molar refractivity (Wildman–Crippen MR) is 110 cm³/mol. The van der Waals surface area contributed by atoms with Crippen molar-refractivity contribution >= 4 is 6.03 Å². The highest BCUT2D eigenvalue weighted by atomic mass is 16.2. The van der Waals surface area contributed by atoms with Crippen molar-refractivity contribution in [1.82, 2.24) is 20.4 Å². The van der Waals surface area contributed by atoms with Crippen molar-refractivity contribution in [3.05, 3.63) is 89.2 Å².